The molecule has 0 saturated heterocycles. The average molecular weight is 210 g/mol. The summed E-state index contributed by atoms with van der Waals surface area (Å²) in [6.07, 6.45) is 0. The summed E-state index contributed by atoms with van der Waals surface area (Å²) in [5.74, 6) is 0.334. The van der Waals surface area contributed by atoms with Crippen LogP contribution >= 0.6 is 12.6 Å². The van der Waals surface area contributed by atoms with E-state index in [1.807, 2.05) is 6.07 Å². The molecule has 0 aliphatic heterocycles. The summed E-state index contributed by atoms with van der Waals surface area (Å²) in [4.78, 5) is 13.4. The van der Waals surface area contributed by atoms with Crippen LogP contribution in [0.15, 0.2) is 27.4 Å². The highest BCUT2D eigenvalue weighted by Gasteiger charge is 2.00. The molecule has 0 atom stereocenters. The van der Waals surface area contributed by atoms with E-state index >= 15 is 0 Å². The first-order chi connectivity index (χ1) is 6.79. The Hall–Kier alpha value is -1.36. The van der Waals surface area contributed by atoms with E-state index in [0.29, 0.717) is 11.1 Å². The Morgan fingerprint density at radius 1 is 1.50 bits per heavy atom. The van der Waals surface area contributed by atoms with Crippen molar-refractivity contribution < 1.29 is 4.42 Å². The van der Waals surface area contributed by atoms with Crippen molar-refractivity contribution in [3.63, 3.8) is 0 Å². The lowest BCUT2D eigenvalue weighted by Crippen LogP contribution is -2.01. The van der Waals surface area contributed by atoms with E-state index in [1.54, 1.807) is 12.1 Å². The molecule has 0 spiro atoms. The van der Waals surface area contributed by atoms with Crippen molar-refractivity contribution >= 4 is 29.4 Å². The Bertz CT molecular complexity index is 489. The van der Waals surface area contributed by atoms with Gasteiger partial charge in [-0.3, -0.25) is 4.98 Å². The lowest BCUT2D eigenvalue weighted by atomic mass is 10.3. The summed E-state index contributed by atoms with van der Waals surface area (Å²) in [5, 5.41) is 3.14. The monoisotopic (exact) mass is 210 g/mol. The van der Waals surface area contributed by atoms with Crippen molar-refractivity contribution in [2.45, 2.75) is 0 Å². The fourth-order valence-electron chi connectivity index (χ4n) is 1.26. The Labute approximate surface area is 85.7 Å². The zero-order valence-electron chi connectivity index (χ0n) is 7.41. The summed E-state index contributed by atoms with van der Waals surface area (Å²) < 4.78 is 4.92. The van der Waals surface area contributed by atoms with Crippen molar-refractivity contribution in [1.29, 1.82) is 0 Å². The number of nitrogens with one attached hydrogen (secondary N) is 2. The highest BCUT2D eigenvalue weighted by molar-refractivity contribution is 7.80. The standard InChI is InChI=1S/C9H10N2O2S/c12-9-11-7-2-1-6(10-3-4-14)5-8(7)13-9/h1-2,5,10,14H,3-4H2,(H,11,12). The predicted octanol–water partition coefficient (Wildman–Crippen LogP) is 1.46. The fourth-order valence-corrected chi connectivity index (χ4v) is 1.37. The second-order valence-corrected chi connectivity index (χ2v) is 3.32. The Morgan fingerprint density at radius 3 is 3.14 bits per heavy atom. The topological polar surface area (TPSA) is 58.0 Å². The molecule has 0 aliphatic carbocycles. The molecule has 1 heterocycles. The summed E-state index contributed by atoms with van der Waals surface area (Å²) in [5.41, 5.74) is 2.21. The van der Waals surface area contributed by atoms with E-state index in [9.17, 15) is 4.79 Å². The van der Waals surface area contributed by atoms with E-state index in [-0.39, 0.29) is 0 Å². The molecule has 0 saturated carbocycles. The van der Waals surface area contributed by atoms with Gasteiger partial charge in [-0.2, -0.15) is 12.6 Å². The minimum Gasteiger partial charge on any atom is -0.408 e. The summed E-state index contributed by atoms with van der Waals surface area (Å²) >= 11 is 4.09. The maximum atomic E-state index is 10.9. The SMILES string of the molecule is O=c1[nH]c2ccc(NCCS)cc2o1. The van der Waals surface area contributed by atoms with Gasteiger partial charge in [0.1, 0.15) is 0 Å². The Balaban J connectivity index is 2.35. The molecule has 1 aromatic carbocycles. The number of benzene rings is 1. The largest absolute Gasteiger partial charge is 0.417 e. The van der Waals surface area contributed by atoms with Crippen LogP contribution in [0.2, 0.25) is 0 Å². The number of fused-ring (bicyclic) bond motifs is 1. The summed E-state index contributed by atoms with van der Waals surface area (Å²) in [6.45, 7) is 0.781. The van der Waals surface area contributed by atoms with Crippen LogP contribution in [0.1, 0.15) is 0 Å². The maximum Gasteiger partial charge on any atom is 0.417 e. The number of aromatic nitrogens is 1. The van der Waals surface area contributed by atoms with Crippen molar-refractivity contribution in [3.05, 3.63) is 28.7 Å². The van der Waals surface area contributed by atoms with Crippen molar-refractivity contribution in [3.8, 4) is 0 Å². The molecule has 2 aromatic rings. The Morgan fingerprint density at radius 2 is 2.36 bits per heavy atom. The number of oxazole rings is 1. The summed E-state index contributed by atoms with van der Waals surface area (Å²) in [7, 11) is 0. The zero-order valence-corrected chi connectivity index (χ0v) is 8.30. The lowest BCUT2D eigenvalue weighted by molar-refractivity contribution is 0.555. The van der Waals surface area contributed by atoms with Gasteiger partial charge in [-0.15, -0.1) is 0 Å². The van der Waals surface area contributed by atoms with Crippen LogP contribution in [0.5, 0.6) is 0 Å². The van der Waals surface area contributed by atoms with Gasteiger partial charge in [0.15, 0.2) is 5.58 Å². The molecule has 0 aliphatic rings. The predicted molar refractivity (Wildman–Crippen MR) is 59.2 cm³/mol. The number of hydrogen-bond acceptors (Lipinski definition) is 4. The molecule has 1 aromatic heterocycles. The fraction of sp³-hybridized carbons (Fsp3) is 0.222. The second-order valence-electron chi connectivity index (χ2n) is 2.88. The van der Waals surface area contributed by atoms with Crippen molar-refractivity contribution in [1.82, 2.24) is 4.98 Å². The number of rotatable bonds is 3. The number of thiol groups is 1. The highest BCUT2D eigenvalue weighted by atomic mass is 32.1. The Kier molecular flexibility index (Phi) is 2.49. The molecule has 4 nitrogen and oxygen atoms in total. The number of H-pyrrole nitrogens is 1. The van der Waals surface area contributed by atoms with Crippen molar-refractivity contribution in [2.24, 2.45) is 0 Å². The molecular formula is C9H10N2O2S. The normalized spacial score (nSPS) is 10.6. The maximum absolute atomic E-state index is 10.9. The first kappa shape index (κ1) is 9.21. The molecule has 2 rings (SSSR count). The first-order valence-corrected chi connectivity index (χ1v) is 4.90. The number of hydrogen-bond donors (Lipinski definition) is 3. The molecule has 0 radical (unpaired) electrons. The van der Waals surface area contributed by atoms with Crippen LogP contribution in [0, 0.1) is 0 Å². The molecule has 2 N–H and O–H groups in total. The van der Waals surface area contributed by atoms with E-state index in [0.717, 1.165) is 18.0 Å². The van der Waals surface area contributed by atoms with E-state index in [4.69, 9.17) is 4.42 Å². The van der Waals surface area contributed by atoms with Crippen LogP contribution in [-0.4, -0.2) is 17.3 Å². The molecule has 0 unspecified atom stereocenters. The third kappa shape index (κ3) is 1.77. The number of anilines is 1. The zero-order chi connectivity index (χ0) is 9.97. The van der Waals surface area contributed by atoms with E-state index in [2.05, 4.69) is 22.9 Å². The first-order valence-electron chi connectivity index (χ1n) is 4.27. The smallest absolute Gasteiger partial charge is 0.408 e. The summed E-state index contributed by atoms with van der Waals surface area (Å²) in [6, 6.07) is 5.48. The van der Waals surface area contributed by atoms with Crippen LogP contribution in [0.4, 0.5) is 5.69 Å². The van der Waals surface area contributed by atoms with Crippen LogP contribution in [0.3, 0.4) is 0 Å². The van der Waals surface area contributed by atoms with Gasteiger partial charge >= 0.3 is 5.76 Å². The molecule has 14 heavy (non-hydrogen) atoms. The third-order valence-corrected chi connectivity index (χ3v) is 2.09. The van der Waals surface area contributed by atoms with Crippen LogP contribution in [0.25, 0.3) is 11.1 Å². The van der Waals surface area contributed by atoms with Crippen LogP contribution < -0.4 is 11.1 Å². The molecule has 0 amide bonds. The minimum atomic E-state index is -0.425. The number of aromatic amines is 1. The van der Waals surface area contributed by atoms with Gasteiger partial charge in [0, 0.05) is 24.1 Å². The van der Waals surface area contributed by atoms with Crippen molar-refractivity contribution in [2.75, 3.05) is 17.6 Å². The quantitative estimate of drug-likeness (QED) is 0.672. The molecule has 0 bridgehead atoms. The molecule has 0 fully saturated rings. The minimum absolute atomic E-state index is 0.425. The van der Waals surface area contributed by atoms with Gasteiger partial charge in [-0.25, -0.2) is 4.79 Å². The molecular weight excluding hydrogens is 200 g/mol. The van der Waals surface area contributed by atoms with Crippen LogP contribution in [-0.2, 0) is 0 Å². The highest BCUT2D eigenvalue weighted by Crippen LogP contribution is 2.15. The van der Waals surface area contributed by atoms with Gasteiger partial charge in [0.2, 0.25) is 0 Å². The van der Waals surface area contributed by atoms with Gasteiger partial charge in [0.05, 0.1) is 5.52 Å². The van der Waals surface area contributed by atoms with Gasteiger partial charge < -0.3 is 9.73 Å². The third-order valence-electron chi connectivity index (χ3n) is 1.86. The van der Waals surface area contributed by atoms with E-state index in [1.165, 1.54) is 0 Å². The molecule has 5 heteroatoms. The van der Waals surface area contributed by atoms with Gasteiger partial charge in [0.25, 0.3) is 0 Å². The van der Waals surface area contributed by atoms with E-state index < -0.39 is 5.76 Å². The molecule has 74 valence electrons. The second kappa shape index (κ2) is 3.79. The average Bonchev–Trinajstić information content (AvgIpc) is 2.54. The lowest BCUT2D eigenvalue weighted by Gasteiger charge is -2.02. The van der Waals surface area contributed by atoms with Gasteiger partial charge in [-0.1, -0.05) is 0 Å². The van der Waals surface area contributed by atoms with Gasteiger partial charge in [-0.05, 0) is 12.1 Å².